The number of hydrogen-bond acceptors (Lipinski definition) is 6. The highest BCUT2D eigenvalue weighted by Gasteiger charge is 2.30. The Balaban J connectivity index is 1.74. The Morgan fingerprint density at radius 1 is 1.18 bits per heavy atom. The van der Waals surface area contributed by atoms with E-state index in [1.807, 2.05) is 0 Å². The van der Waals surface area contributed by atoms with Crippen LogP contribution in [0.4, 0.5) is 0 Å². The van der Waals surface area contributed by atoms with Crippen molar-refractivity contribution in [2.45, 2.75) is 15.9 Å². The molecule has 0 aliphatic rings. The molecule has 0 aliphatic carbocycles. The van der Waals surface area contributed by atoms with Crippen molar-refractivity contribution in [1.29, 1.82) is 0 Å². The van der Waals surface area contributed by atoms with Gasteiger partial charge in [-0.2, -0.15) is 0 Å². The minimum Gasteiger partial charge on any atom is -0.497 e. The van der Waals surface area contributed by atoms with E-state index in [1.165, 1.54) is 6.20 Å². The Hall–Kier alpha value is -2.71. The van der Waals surface area contributed by atoms with Gasteiger partial charge in [0.2, 0.25) is 5.91 Å². The maximum absolute atomic E-state index is 13.1. The van der Waals surface area contributed by atoms with Gasteiger partial charge < -0.3 is 10.1 Å². The summed E-state index contributed by atoms with van der Waals surface area (Å²) in [5.74, 6) is 0.461. The van der Waals surface area contributed by atoms with Crippen molar-refractivity contribution in [3.05, 3.63) is 77.4 Å². The molecule has 146 valence electrons. The standard InChI is InChI=1S/C20H20N2O4S2/c1-26-17-8-6-15(7-9-17)12-19(23)22-14-18(16-4-2-10-21-13-16)28(24,25)20-5-3-11-27-20/h2-11,13,18H,12,14H2,1H3,(H,22,23)/t18-/m0/s1. The number of sulfone groups is 1. The lowest BCUT2D eigenvalue weighted by molar-refractivity contribution is -0.120. The van der Waals surface area contributed by atoms with Crippen LogP contribution in [0.2, 0.25) is 0 Å². The number of methoxy groups -OCH3 is 1. The molecule has 1 aromatic carbocycles. The van der Waals surface area contributed by atoms with Crippen LogP contribution < -0.4 is 10.1 Å². The molecule has 3 rings (SSSR count). The van der Waals surface area contributed by atoms with Gasteiger partial charge in [-0.1, -0.05) is 24.3 Å². The SMILES string of the molecule is COc1ccc(CC(=O)NC[C@@H](c2cccnc2)S(=O)(=O)c2cccs2)cc1. The highest BCUT2D eigenvalue weighted by molar-refractivity contribution is 7.93. The zero-order valence-electron chi connectivity index (χ0n) is 15.2. The number of thiophene rings is 1. The van der Waals surface area contributed by atoms with Crippen LogP contribution in [0.15, 0.2) is 70.5 Å². The molecule has 8 heteroatoms. The van der Waals surface area contributed by atoms with Crippen LogP contribution in [0.1, 0.15) is 16.4 Å². The quantitative estimate of drug-likeness (QED) is 0.610. The summed E-state index contributed by atoms with van der Waals surface area (Å²) in [6.07, 6.45) is 3.26. The van der Waals surface area contributed by atoms with Crippen LogP contribution in [0.3, 0.4) is 0 Å². The molecule has 0 bridgehead atoms. The van der Waals surface area contributed by atoms with E-state index >= 15 is 0 Å². The van der Waals surface area contributed by atoms with E-state index in [0.717, 1.165) is 16.9 Å². The van der Waals surface area contributed by atoms with E-state index in [-0.39, 0.29) is 23.1 Å². The van der Waals surface area contributed by atoms with E-state index in [0.29, 0.717) is 11.3 Å². The molecule has 0 saturated carbocycles. The Morgan fingerprint density at radius 3 is 2.57 bits per heavy atom. The first-order chi connectivity index (χ1) is 13.5. The van der Waals surface area contributed by atoms with Crippen LogP contribution in [-0.2, 0) is 21.1 Å². The predicted octanol–water partition coefficient (Wildman–Crippen LogP) is 3.03. The van der Waals surface area contributed by atoms with Gasteiger partial charge in [0.05, 0.1) is 13.5 Å². The lowest BCUT2D eigenvalue weighted by Crippen LogP contribution is -2.32. The Bertz CT molecular complexity index is 1000. The van der Waals surface area contributed by atoms with Gasteiger partial charge in [-0.25, -0.2) is 8.42 Å². The number of amides is 1. The van der Waals surface area contributed by atoms with E-state index in [1.54, 1.807) is 67.2 Å². The van der Waals surface area contributed by atoms with E-state index in [4.69, 9.17) is 4.74 Å². The smallest absolute Gasteiger partial charge is 0.224 e. The molecule has 0 fully saturated rings. The van der Waals surface area contributed by atoms with Gasteiger partial charge in [0.15, 0.2) is 9.84 Å². The topological polar surface area (TPSA) is 85.4 Å². The first-order valence-corrected chi connectivity index (χ1v) is 11.0. The highest BCUT2D eigenvalue weighted by atomic mass is 32.2. The number of pyridine rings is 1. The molecule has 2 heterocycles. The molecule has 2 aromatic heterocycles. The summed E-state index contributed by atoms with van der Waals surface area (Å²) in [6, 6.07) is 13.8. The van der Waals surface area contributed by atoms with Crippen molar-refractivity contribution in [3.63, 3.8) is 0 Å². The number of ether oxygens (including phenoxy) is 1. The number of benzene rings is 1. The number of nitrogens with one attached hydrogen (secondary N) is 1. The molecule has 1 N–H and O–H groups in total. The summed E-state index contributed by atoms with van der Waals surface area (Å²) in [5, 5.41) is 3.57. The molecule has 6 nitrogen and oxygen atoms in total. The number of hydrogen-bond donors (Lipinski definition) is 1. The second-order valence-corrected chi connectivity index (χ2v) is 9.39. The molecule has 0 radical (unpaired) electrons. The number of nitrogens with zero attached hydrogens (tertiary/aromatic N) is 1. The zero-order chi connectivity index (χ0) is 20.0. The van der Waals surface area contributed by atoms with Crippen LogP contribution in [0.5, 0.6) is 5.75 Å². The normalized spacial score (nSPS) is 12.3. The fourth-order valence-corrected chi connectivity index (χ4v) is 5.59. The van der Waals surface area contributed by atoms with E-state index < -0.39 is 15.1 Å². The summed E-state index contributed by atoms with van der Waals surface area (Å²) < 4.78 is 31.5. The lowest BCUT2D eigenvalue weighted by Gasteiger charge is -2.18. The monoisotopic (exact) mass is 416 g/mol. The average Bonchev–Trinajstić information content (AvgIpc) is 3.25. The summed E-state index contributed by atoms with van der Waals surface area (Å²) in [6.45, 7) is -0.0269. The fourth-order valence-electron chi connectivity index (χ4n) is 2.74. The maximum Gasteiger partial charge on any atom is 0.224 e. The third-order valence-electron chi connectivity index (χ3n) is 4.21. The van der Waals surface area contributed by atoms with E-state index in [2.05, 4.69) is 10.3 Å². The first-order valence-electron chi connectivity index (χ1n) is 8.57. The lowest BCUT2D eigenvalue weighted by atomic mass is 10.1. The van der Waals surface area contributed by atoms with Crippen LogP contribution in [0, 0.1) is 0 Å². The summed E-state index contributed by atoms with van der Waals surface area (Å²) in [7, 11) is -2.06. The highest BCUT2D eigenvalue weighted by Crippen LogP contribution is 2.30. The molecule has 1 atom stereocenters. The minimum atomic E-state index is -3.64. The van der Waals surface area contributed by atoms with Crippen molar-refractivity contribution >= 4 is 27.1 Å². The van der Waals surface area contributed by atoms with Crippen LogP contribution in [-0.4, -0.2) is 33.0 Å². The second-order valence-electron chi connectivity index (χ2n) is 6.08. The molecule has 3 aromatic rings. The van der Waals surface area contributed by atoms with Crippen molar-refractivity contribution in [2.75, 3.05) is 13.7 Å². The Labute approximate surface area is 168 Å². The maximum atomic E-state index is 13.1. The molecule has 0 saturated heterocycles. The zero-order valence-corrected chi connectivity index (χ0v) is 16.9. The molecule has 0 spiro atoms. The van der Waals surface area contributed by atoms with Gasteiger partial charge in [-0.15, -0.1) is 11.3 Å². The Morgan fingerprint density at radius 2 is 1.96 bits per heavy atom. The Kier molecular flexibility index (Phi) is 6.43. The number of carbonyl (C=O) groups excluding carboxylic acids is 1. The molecule has 28 heavy (non-hydrogen) atoms. The predicted molar refractivity (Wildman–Crippen MR) is 108 cm³/mol. The van der Waals surface area contributed by atoms with Gasteiger partial charge in [-0.05, 0) is 40.8 Å². The minimum absolute atomic E-state index is 0.0269. The van der Waals surface area contributed by atoms with Crippen molar-refractivity contribution in [1.82, 2.24) is 10.3 Å². The third kappa shape index (κ3) is 4.76. The number of carbonyl (C=O) groups is 1. The molecule has 0 aliphatic heterocycles. The molecular weight excluding hydrogens is 396 g/mol. The largest absolute Gasteiger partial charge is 0.497 e. The molecule has 1 amide bonds. The number of aromatic nitrogens is 1. The van der Waals surface area contributed by atoms with Gasteiger partial charge in [0.25, 0.3) is 0 Å². The molecule has 0 unspecified atom stereocenters. The molecular formula is C20H20N2O4S2. The number of rotatable bonds is 8. The van der Waals surface area contributed by atoms with Gasteiger partial charge in [0.1, 0.15) is 15.2 Å². The first kappa shape index (κ1) is 20.0. The second kappa shape index (κ2) is 8.99. The van der Waals surface area contributed by atoms with Crippen molar-refractivity contribution < 1.29 is 17.9 Å². The third-order valence-corrected chi connectivity index (χ3v) is 7.75. The fraction of sp³-hybridized carbons (Fsp3) is 0.200. The van der Waals surface area contributed by atoms with Crippen LogP contribution in [0.25, 0.3) is 0 Å². The van der Waals surface area contributed by atoms with Gasteiger partial charge >= 0.3 is 0 Å². The van der Waals surface area contributed by atoms with Gasteiger partial charge in [0, 0.05) is 18.9 Å². The van der Waals surface area contributed by atoms with Crippen molar-refractivity contribution in [3.8, 4) is 5.75 Å². The van der Waals surface area contributed by atoms with Gasteiger partial charge in [-0.3, -0.25) is 9.78 Å². The van der Waals surface area contributed by atoms with Crippen LogP contribution >= 0.6 is 11.3 Å². The summed E-state index contributed by atoms with van der Waals surface area (Å²) >= 11 is 1.16. The van der Waals surface area contributed by atoms with E-state index in [9.17, 15) is 13.2 Å². The average molecular weight is 417 g/mol. The summed E-state index contributed by atoms with van der Waals surface area (Å²) in [5.41, 5.74) is 1.36. The summed E-state index contributed by atoms with van der Waals surface area (Å²) in [4.78, 5) is 16.4. The van der Waals surface area contributed by atoms with Crippen molar-refractivity contribution in [2.24, 2.45) is 0 Å².